The first-order chi connectivity index (χ1) is 8.13. The zero-order valence-corrected chi connectivity index (χ0v) is 11.2. The van der Waals surface area contributed by atoms with Gasteiger partial charge in [0.25, 0.3) is 0 Å². The Bertz CT molecular complexity index is 513. The third-order valence-corrected chi connectivity index (χ3v) is 3.43. The van der Waals surface area contributed by atoms with Crippen molar-refractivity contribution < 1.29 is 0 Å². The predicted molar refractivity (Wildman–Crippen MR) is 68.2 cm³/mol. The van der Waals surface area contributed by atoms with E-state index in [0.717, 1.165) is 24.2 Å². The summed E-state index contributed by atoms with van der Waals surface area (Å²) in [5.41, 5.74) is 4.56. The minimum Gasteiger partial charge on any atom is -0.273 e. The van der Waals surface area contributed by atoms with Crippen molar-refractivity contribution in [2.45, 2.75) is 32.7 Å². The second-order valence-electron chi connectivity index (χ2n) is 4.20. The van der Waals surface area contributed by atoms with Gasteiger partial charge in [-0.3, -0.25) is 9.36 Å². The molecule has 0 aliphatic carbocycles. The Morgan fingerprint density at radius 1 is 1.35 bits per heavy atom. The number of rotatable bonds is 4. The Hall–Kier alpha value is -1.29. The van der Waals surface area contributed by atoms with Gasteiger partial charge in [0.2, 0.25) is 0 Å². The number of hydrogen-bond donors (Lipinski definition) is 0. The van der Waals surface area contributed by atoms with Crippen LogP contribution in [0, 0.1) is 13.8 Å². The molecule has 0 amide bonds. The largest absolute Gasteiger partial charge is 0.273 e. The van der Waals surface area contributed by atoms with Crippen LogP contribution in [-0.4, -0.2) is 19.6 Å². The number of aromatic nitrogens is 4. The highest BCUT2D eigenvalue weighted by Gasteiger charge is 2.10. The molecule has 0 fully saturated rings. The Morgan fingerprint density at radius 3 is 2.65 bits per heavy atom. The Kier molecular flexibility index (Phi) is 3.52. The van der Waals surface area contributed by atoms with Gasteiger partial charge in [-0.2, -0.15) is 10.2 Å². The van der Waals surface area contributed by atoms with Crippen LogP contribution in [0.1, 0.15) is 22.6 Å². The SMILES string of the molecule is Cc1nn(CCc2ccnn2C)c(C)c1CCl. The van der Waals surface area contributed by atoms with Crippen molar-refractivity contribution in [2.24, 2.45) is 7.05 Å². The fraction of sp³-hybridized carbons (Fsp3) is 0.500. The van der Waals surface area contributed by atoms with Crippen LogP contribution in [0.3, 0.4) is 0 Å². The van der Waals surface area contributed by atoms with E-state index in [0.29, 0.717) is 5.88 Å². The molecule has 0 N–H and O–H groups in total. The van der Waals surface area contributed by atoms with Crippen molar-refractivity contribution in [2.75, 3.05) is 0 Å². The Balaban J connectivity index is 2.12. The first kappa shape index (κ1) is 12.2. The summed E-state index contributed by atoms with van der Waals surface area (Å²) in [4.78, 5) is 0. The van der Waals surface area contributed by atoms with Crippen LogP contribution in [0.25, 0.3) is 0 Å². The maximum Gasteiger partial charge on any atom is 0.0640 e. The molecule has 2 aromatic heterocycles. The maximum absolute atomic E-state index is 5.91. The van der Waals surface area contributed by atoms with Crippen molar-refractivity contribution in [3.05, 3.63) is 34.9 Å². The Labute approximate surface area is 106 Å². The molecule has 0 aliphatic heterocycles. The molecule has 2 aromatic rings. The van der Waals surface area contributed by atoms with Gasteiger partial charge in [0.05, 0.1) is 11.6 Å². The average molecular weight is 253 g/mol. The van der Waals surface area contributed by atoms with E-state index in [2.05, 4.69) is 17.1 Å². The summed E-state index contributed by atoms with van der Waals surface area (Å²) in [5.74, 6) is 0.531. The standard InChI is InChI=1S/C12H17ClN4/c1-9-12(8-13)10(2)17(15-9)7-5-11-4-6-14-16(11)3/h4,6H,5,7-8H2,1-3H3. The highest BCUT2D eigenvalue weighted by atomic mass is 35.5. The summed E-state index contributed by atoms with van der Waals surface area (Å²) < 4.78 is 3.92. The van der Waals surface area contributed by atoms with Gasteiger partial charge in [-0.1, -0.05) is 0 Å². The molecular weight excluding hydrogens is 236 g/mol. The molecule has 0 aliphatic rings. The first-order valence-corrected chi connectivity index (χ1v) is 6.22. The van der Waals surface area contributed by atoms with Crippen molar-refractivity contribution >= 4 is 11.6 Å². The van der Waals surface area contributed by atoms with E-state index in [1.165, 1.54) is 11.4 Å². The number of alkyl halides is 1. The van der Waals surface area contributed by atoms with Crippen molar-refractivity contribution in [1.29, 1.82) is 0 Å². The number of aryl methyl sites for hydroxylation is 4. The second-order valence-corrected chi connectivity index (χ2v) is 4.47. The van der Waals surface area contributed by atoms with E-state index in [-0.39, 0.29) is 0 Å². The molecule has 17 heavy (non-hydrogen) atoms. The molecule has 0 saturated carbocycles. The zero-order valence-electron chi connectivity index (χ0n) is 10.4. The van der Waals surface area contributed by atoms with Gasteiger partial charge in [0.15, 0.2) is 0 Å². The molecule has 0 spiro atoms. The van der Waals surface area contributed by atoms with Gasteiger partial charge >= 0.3 is 0 Å². The van der Waals surface area contributed by atoms with E-state index in [4.69, 9.17) is 11.6 Å². The molecule has 92 valence electrons. The summed E-state index contributed by atoms with van der Waals surface area (Å²) in [7, 11) is 1.96. The van der Waals surface area contributed by atoms with Gasteiger partial charge in [-0.25, -0.2) is 0 Å². The summed E-state index contributed by atoms with van der Waals surface area (Å²) in [6.45, 7) is 4.94. The van der Waals surface area contributed by atoms with Crippen LogP contribution in [0.5, 0.6) is 0 Å². The first-order valence-electron chi connectivity index (χ1n) is 5.69. The molecule has 2 heterocycles. The molecule has 0 atom stereocenters. The molecule has 0 saturated heterocycles. The number of halogens is 1. The van der Waals surface area contributed by atoms with Crippen LogP contribution in [0.4, 0.5) is 0 Å². The molecule has 5 heteroatoms. The highest BCUT2D eigenvalue weighted by Crippen LogP contribution is 2.15. The summed E-state index contributed by atoms with van der Waals surface area (Å²) in [6.07, 6.45) is 2.75. The third-order valence-electron chi connectivity index (χ3n) is 3.17. The van der Waals surface area contributed by atoms with Crippen LogP contribution in [0.2, 0.25) is 0 Å². The molecule has 0 bridgehead atoms. The molecule has 2 rings (SSSR count). The summed E-state index contributed by atoms with van der Waals surface area (Å²) in [6, 6.07) is 2.04. The lowest BCUT2D eigenvalue weighted by Crippen LogP contribution is -2.08. The van der Waals surface area contributed by atoms with Gasteiger partial charge in [0, 0.05) is 43.2 Å². The lowest BCUT2D eigenvalue weighted by molar-refractivity contribution is 0.570. The van der Waals surface area contributed by atoms with Gasteiger partial charge in [-0.05, 0) is 19.9 Å². The van der Waals surface area contributed by atoms with Crippen molar-refractivity contribution in [3.8, 4) is 0 Å². The minimum absolute atomic E-state index is 0.531. The normalized spacial score (nSPS) is 11.1. The molecule has 0 aromatic carbocycles. The number of nitrogens with zero attached hydrogens (tertiary/aromatic N) is 4. The van der Waals surface area contributed by atoms with Crippen LogP contribution in [-0.2, 0) is 25.9 Å². The van der Waals surface area contributed by atoms with Crippen molar-refractivity contribution in [1.82, 2.24) is 19.6 Å². The van der Waals surface area contributed by atoms with Crippen LogP contribution >= 0.6 is 11.6 Å². The van der Waals surface area contributed by atoms with E-state index in [1.807, 2.05) is 35.6 Å². The number of hydrogen-bond acceptors (Lipinski definition) is 2. The quantitative estimate of drug-likeness (QED) is 0.783. The second kappa shape index (κ2) is 4.92. The smallest absolute Gasteiger partial charge is 0.0640 e. The summed E-state index contributed by atoms with van der Waals surface area (Å²) in [5, 5.41) is 8.67. The fourth-order valence-electron chi connectivity index (χ4n) is 2.01. The van der Waals surface area contributed by atoms with Gasteiger partial charge < -0.3 is 0 Å². The topological polar surface area (TPSA) is 35.6 Å². The molecule has 4 nitrogen and oxygen atoms in total. The monoisotopic (exact) mass is 252 g/mol. The van der Waals surface area contributed by atoms with Crippen LogP contribution in [0.15, 0.2) is 12.3 Å². The maximum atomic E-state index is 5.91. The highest BCUT2D eigenvalue weighted by molar-refractivity contribution is 6.17. The van der Waals surface area contributed by atoms with Gasteiger partial charge in [0.1, 0.15) is 0 Å². The predicted octanol–water partition coefficient (Wildman–Crippen LogP) is 2.21. The van der Waals surface area contributed by atoms with E-state index >= 15 is 0 Å². The van der Waals surface area contributed by atoms with E-state index in [1.54, 1.807) is 0 Å². The Morgan fingerprint density at radius 2 is 2.12 bits per heavy atom. The molecular formula is C12H17ClN4. The average Bonchev–Trinajstić information content (AvgIpc) is 2.81. The summed E-state index contributed by atoms with van der Waals surface area (Å²) >= 11 is 5.91. The van der Waals surface area contributed by atoms with Gasteiger partial charge in [-0.15, -0.1) is 11.6 Å². The van der Waals surface area contributed by atoms with Crippen LogP contribution < -0.4 is 0 Å². The van der Waals surface area contributed by atoms with Crippen molar-refractivity contribution in [3.63, 3.8) is 0 Å². The third kappa shape index (κ3) is 2.36. The molecule has 0 radical (unpaired) electrons. The fourth-order valence-corrected chi connectivity index (χ4v) is 2.40. The van der Waals surface area contributed by atoms with E-state index < -0.39 is 0 Å². The molecule has 0 unspecified atom stereocenters. The van der Waals surface area contributed by atoms with E-state index in [9.17, 15) is 0 Å². The minimum atomic E-state index is 0.531. The lowest BCUT2D eigenvalue weighted by Gasteiger charge is -2.05. The lowest BCUT2D eigenvalue weighted by atomic mass is 10.2. The zero-order chi connectivity index (χ0) is 12.4.